The van der Waals surface area contributed by atoms with Crippen molar-refractivity contribution < 1.29 is 8.91 Å². The van der Waals surface area contributed by atoms with Crippen molar-refractivity contribution in [2.24, 2.45) is 0 Å². The SMILES string of the molecule is Cc1c(CN2CCC(c3nc4ccccc4s3)CC2)noc1-c1ccc(F)cc1. The summed E-state index contributed by atoms with van der Waals surface area (Å²) in [7, 11) is 0. The predicted octanol–water partition coefficient (Wildman–Crippen LogP) is 5.78. The van der Waals surface area contributed by atoms with E-state index in [0.717, 1.165) is 60.6 Å². The number of halogens is 1. The summed E-state index contributed by atoms with van der Waals surface area (Å²) in [5, 5.41) is 5.56. The summed E-state index contributed by atoms with van der Waals surface area (Å²) in [6.07, 6.45) is 2.23. The molecule has 3 heterocycles. The Bertz CT molecular complexity index is 1090. The first-order chi connectivity index (χ1) is 14.2. The summed E-state index contributed by atoms with van der Waals surface area (Å²) < 4.78 is 20.0. The maximum Gasteiger partial charge on any atom is 0.170 e. The summed E-state index contributed by atoms with van der Waals surface area (Å²) in [6, 6.07) is 14.7. The smallest absolute Gasteiger partial charge is 0.170 e. The van der Waals surface area contributed by atoms with Gasteiger partial charge >= 0.3 is 0 Å². The number of likely N-dealkylation sites (tertiary alicyclic amines) is 1. The number of para-hydroxylation sites is 1. The Hall–Kier alpha value is -2.57. The number of benzene rings is 2. The van der Waals surface area contributed by atoms with Gasteiger partial charge < -0.3 is 4.52 Å². The third-order valence-corrected chi connectivity index (χ3v) is 6.95. The van der Waals surface area contributed by atoms with Crippen LogP contribution in [-0.2, 0) is 6.54 Å². The van der Waals surface area contributed by atoms with E-state index in [9.17, 15) is 4.39 Å². The second-order valence-corrected chi connectivity index (χ2v) is 8.72. The number of rotatable bonds is 4. The normalized spacial score (nSPS) is 15.9. The standard InChI is InChI=1S/C23H22FN3OS/c1-15-20(26-28-22(15)16-6-8-18(24)9-7-16)14-27-12-10-17(11-13-27)23-25-19-4-2-3-5-21(19)29-23/h2-9,17H,10-14H2,1H3. The molecule has 0 radical (unpaired) electrons. The highest BCUT2D eigenvalue weighted by Crippen LogP contribution is 2.34. The molecule has 2 aromatic heterocycles. The van der Waals surface area contributed by atoms with Gasteiger partial charge in [0.2, 0.25) is 0 Å². The van der Waals surface area contributed by atoms with Crippen molar-refractivity contribution >= 4 is 21.6 Å². The molecule has 0 spiro atoms. The van der Waals surface area contributed by atoms with Crippen LogP contribution in [-0.4, -0.2) is 28.1 Å². The Morgan fingerprint density at radius 2 is 1.86 bits per heavy atom. The second kappa shape index (κ2) is 7.69. The molecule has 5 rings (SSSR count). The molecular formula is C23H22FN3OS. The van der Waals surface area contributed by atoms with Crippen LogP contribution in [0.5, 0.6) is 0 Å². The third kappa shape index (κ3) is 3.70. The van der Waals surface area contributed by atoms with Crippen LogP contribution in [0.3, 0.4) is 0 Å². The molecule has 29 heavy (non-hydrogen) atoms. The molecule has 0 atom stereocenters. The van der Waals surface area contributed by atoms with Crippen molar-refractivity contribution in [1.29, 1.82) is 0 Å². The Morgan fingerprint density at radius 3 is 2.62 bits per heavy atom. The minimum atomic E-state index is -0.248. The van der Waals surface area contributed by atoms with Gasteiger partial charge in [-0.1, -0.05) is 17.3 Å². The van der Waals surface area contributed by atoms with E-state index in [0.29, 0.717) is 5.92 Å². The summed E-state index contributed by atoms with van der Waals surface area (Å²) in [5.41, 5.74) is 3.96. The fourth-order valence-electron chi connectivity index (χ4n) is 4.00. The van der Waals surface area contributed by atoms with Crippen LogP contribution < -0.4 is 0 Å². The van der Waals surface area contributed by atoms with Crippen LogP contribution in [0.15, 0.2) is 53.1 Å². The molecular weight excluding hydrogens is 385 g/mol. The molecule has 6 heteroatoms. The van der Waals surface area contributed by atoms with E-state index in [-0.39, 0.29) is 5.82 Å². The van der Waals surface area contributed by atoms with Gasteiger partial charge in [-0.05, 0) is 69.3 Å². The number of hydrogen-bond acceptors (Lipinski definition) is 5. The van der Waals surface area contributed by atoms with Crippen molar-refractivity contribution in [2.75, 3.05) is 13.1 Å². The van der Waals surface area contributed by atoms with Gasteiger partial charge in [0, 0.05) is 23.6 Å². The molecule has 148 valence electrons. The summed E-state index contributed by atoms with van der Waals surface area (Å²) in [4.78, 5) is 7.28. The number of aromatic nitrogens is 2. The van der Waals surface area contributed by atoms with E-state index in [1.807, 2.05) is 18.3 Å². The van der Waals surface area contributed by atoms with Gasteiger partial charge in [0.25, 0.3) is 0 Å². The molecule has 2 aromatic carbocycles. The van der Waals surface area contributed by atoms with Crippen LogP contribution in [0.1, 0.15) is 35.0 Å². The topological polar surface area (TPSA) is 42.2 Å². The van der Waals surface area contributed by atoms with Gasteiger partial charge in [0.15, 0.2) is 5.76 Å². The fraction of sp³-hybridized carbons (Fsp3) is 0.304. The van der Waals surface area contributed by atoms with E-state index >= 15 is 0 Å². The molecule has 1 saturated heterocycles. The van der Waals surface area contributed by atoms with E-state index in [1.54, 1.807) is 12.1 Å². The van der Waals surface area contributed by atoms with Crippen molar-refractivity contribution in [1.82, 2.24) is 15.0 Å². The summed E-state index contributed by atoms with van der Waals surface area (Å²) in [5.74, 6) is 1.02. The lowest BCUT2D eigenvalue weighted by Gasteiger charge is -2.30. The Labute approximate surface area is 173 Å². The fourth-order valence-corrected chi connectivity index (χ4v) is 5.14. The number of piperidine rings is 1. The van der Waals surface area contributed by atoms with Crippen LogP contribution in [0.2, 0.25) is 0 Å². The Balaban J connectivity index is 1.24. The molecule has 4 nitrogen and oxygen atoms in total. The second-order valence-electron chi connectivity index (χ2n) is 7.66. The van der Waals surface area contributed by atoms with Crippen LogP contribution in [0.4, 0.5) is 4.39 Å². The highest BCUT2D eigenvalue weighted by atomic mass is 32.1. The predicted molar refractivity (Wildman–Crippen MR) is 114 cm³/mol. The van der Waals surface area contributed by atoms with Crippen molar-refractivity contribution in [2.45, 2.75) is 32.2 Å². The zero-order valence-corrected chi connectivity index (χ0v) is 17.1. The van der Waals surface area contributed by atoms with Crippen molar-refractivity contribution in [3.63, 3.8) is 0 Å². The molecule has 0 amide bonds. The molecule has 1 aliphatic heterocycles. The molecule has 1 fully saturated rings. The lowest BCUT2D eigenvalue weighted by atomic mass is 9.97. The first-order valence-electron chi connectivity index (χ1n) is 9.96. The maximum atomic E-state index is 13.2. The number of hydrogen-bond donors (Lipinski definition) is 0. The molecule has 0 unspecified atom stereocenters. The minimum Gasteiger partial charge on any atom is -0.356 e. The van der Waals surface area contributed by atoms with E-state index in [1.165, 1.54) is 21.8 Å². The molecule has 0 N–H and O–H groups in total. The van der Waals surface area contributed by atoms with Gasteiger partial charge in [0.05, 0.1) is 15.2 Å². The zero-order valence-electron chi connectivity index (χ0n) is 16.3. The maximum absolute atomic E-state index is 13.2. The van der Waals surface area contributed by atoms with Gasteiger partial charge in [-0.3, -0.25) is 4.90 Å². The number of nitrogens with zero attached hydrogens (tertiary/aromatic N) is 3. The van der Waals surface area contributed by atoms with Crippen molar-refractivity contribution in [3.05, 3.63) is 70.6 Å². The molecule has 0 bridgehead atoms. The average molecular weight is 408 g/mol. The Morgan fingerprint density at radius 1 is 1.10 bits per heavy atom. The average Bonchev–Trinajstić information content (AvgIpc) is 3.33. The summed E-state index contributed by atoms with van der Waals surface area (Å²) >= 11 is 1.83. The minimum absolute atomic E-state index is 0.248. The van der Waals surface area contributed by atoms with Crippen LogP contribution in [0.25, 0.3) is 21.5 Å². The quantitative estimate of drug-likeness (QED) is 0.430. The van der Waals surface area contributed by atoms with Gasteiger partial charge in [-0.25, -0.2) is 9.37 Å². The lowest BCUT2D eigenvalue weighted by Crippen LogP contribution is -2.32. The molecule has 0 aliphatic carbocycles. The number of fused-ring (bicyclic) bond motifs is 1. The molecule has 0 saturated carbocycles. The molecule has 4 aromatic rings. The highest BCUT2D eigenvalue weighted by Gasteiger charge is 2.25. The first-order valence-corrected chi connectivity index (χ1v) is 10.8. The van der Waals surface area contributed by atoms with Crippen LogP contribution in [0, 0.1) is 12.7 Å². The third-order valence-electron chi connectivity index (χ3n) is 5.75. The van der Waals surface area contributed by atoms with Crippen LogP contribution >= 0.6 is 11.3 Å². The number of thiazole rings is 1. The largest absolute Gasteiger partial charge is 0.356 e. The monoisotopic (exact) mass is 407 g/mol. The zero-order chi connectivity index (χ0) is 19.8. The van der Waals surface area contributed by atoms with E-state index in [2.05, 4.69) is 34.3 Å². The van der Waals surface area contributed by atoms with E-state index in [4.69, 9.17) is 9.51 Å². The highest BCUT2D eigenvalue weighted by molar-refractivity contribution is 7.18. The van der Waals surface area contributed by atoms with Gasteiger partial charge in [-0.2, -0.15) is 0 Å². The Kier molecular flexibility index (Phi) is 4.89. The van der Waals surface area contributed by atoms with E-state index < -0.39 is 0 Å². The van der Waals surface area contributed by atoms with Gasteiger partial charge in [-0.15, -0.1) is 11.3 Å². The van der Waals surface area contributed by atoms with Crippen molar-refractivity contribution in [3.8, 4) is 11.3 Å². The van der Waals surface area contributed by atoms with Gasteiger partial charge in [0.1, 0.15) is 11.5 Å². The first kappa shape index (κ1) is 18.5. The lowest BCUT2D eigenvalue weighted by molar-refractivity contribution is 0.199. The molecule has 1 aliphatic rings. The summed E-state index contributed by atoms with van der Waals surface area (Å²) in [6.45, 7) is 4.86.